The van der Waals surface area contributed by atoms with Crippen LogP contribution in [0.5, 0.6) is 5.75 Å². The molecule has 1 atom stereocenters. The number of aryl methyl sites for hydroxylation is 1. The zero-order valence-electron chi connectivity index (χ0n) is 12.6. The fraction of sp³-hybridized carbons (Fsp3) is 0.562. The highest BCUT2D eigenvalue weighted by Crippen LogP contribution is 2.25. The number of anilines is 1. The number of nitrogens with zero attached hydrogens (tertiary/aromatic N) is 1. The summed E-state index contributed by atoms with van der Waals surface area (Å²) in [4.78, 5) is 14.6. The molecule has 4 nitrogen and oxygen atoms in total. The van der Waals surface area contributed by atoms with E-state index >= 15 is 0 Å². The number of carbonyl (C=O) groups is 1. The van der Waals surface area contributed by atoms with E-state index in [4.69, 9.17) is 4.74 Å². The second-order valence-electron chi connectivity index (χ2n) is 5.47. The molecule has 0 radical (unpaired) electrons. The maximum Gasteiger partial charge on any atom is 0.241 e. The largest absolute Gasteiger partial charge is 0.495 e. The first-order chi connectivity index (χ1) is 9.61. The molecular weight excluding hydrogens is 252 g/mol. The van der Waals surface area contributed by atoms with Crippen LogP contribution >= 0.6 is 0 Å². The fourth-order valence-electron chi connectivity index (χ4n) is 2.63. The molecule has 1 aromatic rings. The van der Waals surface area contributed by atoms with Crippen molar-refractivity contribution in [3.63, 3.8) is 0 Å². The Labute approximate surface area is 121 Å². The number of likely N-dealkylation sites (tertiary alicyclic amines) is 1. The Balaban J connectivity index is 2.05. The number of hydrogen-bond acceptors (Lipinski definition) is 3. The first-order valence-corrected chi connectivity index (χ1v) is 7.31. The van der Waals surface area contributed by atoms with Gasteiger partial charge in [0.25, 0.3) is 0 Å². The van der Waals surface area contributed by atoms with Crippen molar-refractivity contribution in [2.24, 2.45) is 0 Å². The molecule has 1 fully saturated rings. The van der Waals surface area contributed by atoms with Gasteiger partial charge in [0.2, 0.25) is 5.91 Å². The Bertz CT molecular complexity index is 468. The highest BCUT2D eigenvalue weighted by molar-refractivity contribution is 5.95. The maximum absolute atomic E-state index is 12.4. The minimum Gasteiger partial charge on any atom is -0.495 e. The zero-order valence-corrected chi connectivity index (χ0v) is 12.6. The van der Waals surface area contributed by atoms with Crippen LogP contribution in [0.25, 0.3) is 0 Å². The summed E-state index contributed by atoms with van der Waals surface area (Å²) in [6.45, 7) is 6.01. The van der Waals surface area contributed by atoms with Crippen molar-refractivity contribution in [1.29, 1.82) is 0 Å². The van der Waals surface area contributed by atoms with E-state index in [1.165, 1.54) is 19.3 Å². The lowest BCUT2D eigenvalue weighted by atomic mass is 10.1. The lowest BCUT2D eigenvalue weighted by molar-refractivity contribution is -0.121. The van der Waals surface area contributed by atoms with Gasteiger partial charge in [-0.3, -0.25) is 9.69 Å². The Kier molecular flexibility index (Phi) is 5.01. The summed E-state index contributed by atoms with van der Waals surface area (Å²) in [7, 11) is 1.62. The molecule has 1 saturated heterocycles. The number of hydrogen-bond donors (Lipinski definition) is 1. The summed E-state index contributed by atoms with van der Waals surface area (Å²) < 4.78 is 5.30. The number of nitrogens with one attached hydrogen (secondary N) is 1. The quantitative estimate of drug-likeness (QED) is 0.919. The first kappa shape index (κ1) is 14.9. The maximum atomic E-state index is 12.4. The molecule has 4 heteroatoms. The van der Waals surface area contributed by atoms with Gasteiger partial charge in [-0.25, -0.2) is 0 Å². The van der Waals surface area contributed by atoms with Crippen molar-refractivity contribution >= 4 is 11.6 Å². The third-order valence-electron chi connectivity index (χ3n) is 3.93. The Hall–Kier alpha value is -1.55. The molecule has 2 rings (SSSR count). The van der Waals surface area contributed by atoms with Gasteiger partial charge in [-0.15, -0.1) is 0 Å². The van der Waals surface area contributed by atoms with Crippen LogP contribution in [-0.2, 0) is 4.79 Å². The summed E-state index contributed by atoms with van der Waals surface area (Å²) in [6, 6.07) is 5.71. The molecule has 1 heterocycles. The van der Waals surface area contributed by atoms with E-state index < -0.39 is 0 Å². The molecule has 0 saturated carbocycles. The van der Waals surface area contributed by atoms with Gasteiger partial charge in [-0.2, -0.15) is 0 Å². The van der Waals surface area contributed by atoms with Gasteiger partial charge < -0.3 is 10.1 Å². The van der Waals surface area contributed by atoms with E-state index in [0.29, 0.717) is 5.75 Å². The first-order valence-electron chi connectivity index (χ1n) is 7.31. The SMILES string of the molecule is COc1ccc(C)cc1NC(=O)[C@@H](C)N1CCCCC1. The van der Waals surface area contributed by atoms with Crippen LogP contribution in [0.3, 0.4) is 0 Å². The molecule has 0 unspecified atom stereocenters. The summed E-state index contributed by atoms with van der Waals surface area (Å²) in [5, 5.41) is 2.99. The second kappa shape index (κ2) is 6.75. The third-order valence-corrected chi connectivity index (χ3v) is 3.93. The molecule has 1 amide bonds. The number of benzene rings is 1. The molecule has 0 spiro atoms. The number of carbonyl (C=O) groups excluding carboxylic acids is 1. The number of amides is 1. The molecule has 110 valence electrons. The van der Waals surface area contributed by atoms with E-state index in [-0.39, 0.29) is 11.9 Å². The third kappa shape index (κ3) is 3.51. The molecular formula is C16H24N2O2. The van der Waals surface area contributed by atoms with Crippen molar-refractivity contribution in [2.45, 2.75) is 39.2 Å². The second-order valence-corrected chi connectivity index (χ2v) is 5.47. The van der Waals surface area contributed by atoms with Crippen molar-refractivity contribution in [3.8, 4) is 5.75 Å². The molecule has 1 aromatic carbocycles. The lowest BCUT2D eigenvalue weighted by Gasteiger charge is -2.31. The predicted molar refractivity (Wildman–Crippen MR) is 81.2 cm³/mol. The van der Waals surface area contributed by atoms with Gasteiger partial charge >= 0.3 is 0 Å². The van der Waals surface area contributed by atoms with Crippen molar-refractivity contribution in [3.05, 3.63) is 23.8 Å². The topological polar surface area (TPSA) is 41.6 Å². The normalized spacial score (nSPS) is 17.6. The molecule has 1 aliphatic rings. The van der Waals surface area contributed by atoms with Gasteiger partial charge in [-0.1, -0.05) is 12.5 Å². The average molecular weight is 276 g/mol. The van der Waals surface area contributed by atoms with Crippen LogP contribution < -0.4 is 10.1 Å². The Morgan fingerprint density at radius 2 is 2.00 bits per heavy atom. The van der Waals surface area contributed by atoms with Gasteiger partial charge in [-0.05, 0) is 57.5 Å². The van der Waals surface area contributed by atoms with Crippen LogP contribution in [-0.4, -0.2) is 37.0 Å². The van der Waals surface area contributed by atoms with Gasteiger partial charge in [0.1, 0.15) is 5.75 Å². The van der Waals surface area contributed by atoms with E-state index in [0.717, 1.165) is 24.3 Å². The average Bonchev–Trinajstić information content (AvgIpc) is 2.47. The summed E-state index contributed by atoms with van der Waals surface area (Å²) >= 11 is 0. The van der Waals surface area contributed by atoms with Crippen molar-refractivity contribution < 1.29 is 9.53 Å². The Morgan fingerprint density at radius 1 is 1.30 bits per heavy atom. The molecule has 0 bridgehead atoms. The molecule has 0 aliphatic carbocycles. The smallest absolute Gasteiger partial charge is 0.241 e. The van der Waals surface area contributed by atoms with E-state index in [1.807, 2.05) is 32.0 Å². The van der Waals surface area contributed by atoms with Gasteiger partial charge in [0.15, 0.2) is 0 Å². The standard InChI is InChI=1S/C16H24N2O2/c1-12-7-8-15(20-3)14(11-12)17-16(19)13(2)18-9-5-4-6-10-18/h7-8,11,13H,4-6,9-10H2,1-3H3,(H,17,19)/t13-/m1/s1. The lowest BCUT2D eigenvalue weighted by Crippen LogP contribution is -2.44. The highest BCUT2D eigenvalue weighted by Gasteiger charge is 2.23. The van der Waals surface area contributed by atoms with Crippen LogP contribution in [0.15, 0.2) is 18.2 Å². The minimum atomic E-state index is -0.0967. The van der Waals surface area contributed by atoms with Gasteiger partial charge in [0, 0.05) is 0 Å². The summed E-state index contributed by atoms with van der Waals surface area (Å²) in [5.74, 6) is 0.741. The monoisotopic (exact) mass is 276 g/mol. The van der Waals surface area contributed by atoms with E-state index in [1.54, 1.807) is 7.11 Å². The van der Waals surface area contributed by atoms with Gasteiger partial charge in [0.05, 0.1) is 18.8 Å². The summed E-state index contributed by atoms with van der Waals surface area (Å²) in [5.41, 5.74) is 1.85. The zero-order chi connectivity index (χ0) is 14.5. The molecule has 0 aromatic heterocycles. The van der Waals surface area contributed by atoms with Crippen molar-refractivity contribution in [2.75, 3.05) is 25.5 Å². The molecule has 1 N–H and O–H groups in total. The van der Waals surface area contributed by atoms with Crippen molar-refractivity contribution in [1.82, 2.24) is 4.90 Å². The van der Waals surface area contributed by atoms with Crippen LogP contribution in [0.2, 0.25) is 0 Å². The predicted octanol–water partition coefficient (Wildman–Crippen LogP) is 2.82. The highest BCUT2D eigenvalue weighted by atomic mass is 16.5. The number of ether oxygens (including phenoxy) is 1. The van der Waals surface area contributed by atoms with E-state index in [9.17, 15) is 4.79 Å². The molecule has 20 heavy (non-hydrogen) atoms. The van der Waals surface area contributed by atoms with E-state index in [2.05, 4.69) is 10.2 Å². The number of rotatable bonds is 4. The molecule has 1 aliphatic heterocycles. The Morgan fingerprint density at radius 3 is 2.65 bits per heavy atom. The fourth-order valence-corrected chi connectivity index (χ4v) is 2.63. The summed E-state index contributed by atoms with van der Waals surface area (Å²) in [6.07, 6.45) is 3.65. The van der Waals surface area contributed by atoms with Crippen LogP contribution in [0.1, 0.15) is 31.7 Å². The number of methoxy groups -OCH3 is 1. The van der Waals surface area contributed by atoms with Crippen LogP contribution in [0.4, 0.5) is 5.69 Å². The van der Waals surface area contributed by atoms with Crippen LogP contribution in [0, 0.1) is 6.92 Å². The number of piperidine rings is 1. The minimum absolute atomic E-state index is 0.0378.